The third-order valence-electron chi connectivity index (χ3n) is 3.48. The second-order valence-corrected chi connectivity index (χ2v) is 6.60. The highest BCUT2D eigenvalue weighted by atomic mass is 32.2. The first-order valence-corrected chi connectivity index (χ1v) is 8.88. The Labute approximate surface area is 138 Å². The van der Waals surface area contributed by atoms with Gasteiger partial charge in [0.25, 0.3) is 5.56 Å². The lowest BCUT2D eigenvalue weighted by atomic mass is 10.1. The lowest BCUT2D eigenvalue weighted by Gasteiger charge is -2.20. The summed E-state index contributed by atoms with van der Waals surface area (Å²) in [4.78, 5) is 40.2. The molecule has 1 amide bonds. The topological polar surface area (TPSA) is 84.0 Å². The van der Waals surface area contributed by atoms with E-state index in [9.17, 15) is 14.4 Å². The Morgan fingerprint density at radius 2 is 2.00 bits per heavy atom. The highest BCUT2D eigenvalue weighted by molar-refractivity contribution is 7.98. The minimum atomic E-state index is -0.814. The van der Waals surface area contributed by atoms with E-state index in [1.54, 1.807) is 36.0 Å². The first-order chi connectivity index (χ1) is 11.0. The summed E-state index contributed by atoms with van der Waals surface area (Å²) in [5.41, 5.74) is -0.514. The standard InChI is InChI=1S/C16H21N3O3S/c1-10(2)17-14(20)13(8-9-23-3)19-15(21)11-6-4-5-7-12(11)18-16(19)22/h4-7,10,13H,8-9H2,1-3H3,(H,17,20)(H,18,22)/t13-/m0/s1. The van der Waals surface area contributed by atoms with Crippen molar-refractivity contribution in [3.63, 3.8) is 0 Å². The van der Waals surface area contributed by atoms with Gasteiger partial charge in [-0.15, -0.1) is 0 Å². The molecule has 1 aromatic heterocycles. The summed E-state index contributed by atoms with van der Waals surface area (Å²) in [5.74, 6) is 0.367. The van der Waals surface area contributed by atoms with E-state index in [1.165, 1.54) is 0 Å². The minimum absolute atomic E-state index is 0.0606. The number of aromatic nitrogens is 2. The maximum Gasteiger partial charge on any atom is 0.329 e. The minimum Gasteiger partial charge on any atom is -0.352 e. The summed E-state index contributed by atoms with van der Waals surface area (Å²) in [6.45, 7) is 3.69. The summed E-state index contributed by atoms with van der Waals surface area (Å²) in [7, 11) is 0. The predicted octanol–water partition coefficient (Wildman–Crippen LogP) is 1.51. The van der Waals surface area contributed by atoms with Crippen molar-refractivity contribution < 1.29 is 4.79 Å². The molecule has 0 aliphatic rings. The van der Waals surface area contributed by atoms with Gasteiger partial charge in [-0.25, -0.2) is 9.36 Å². The molecule has 0 fully saturated rings. The van der Waals surface area contributed by atoms with Crippen molar-refractivity contribution in [3.05, 3.63) is 45.1 Å². The summed E-state index contributed by atoms with van der Waals surface area (Å²) < 4.78 is 1.04. The molecule has 0 unspecified atom stereocenters. The van der Waals surface area contributed by atoms with Crippen LogP contribution in [0.5, 0.6) is 0 Å². The van der Waals surface area contributed by atoms with Gasteiger partial charge >= 0.3 is 5.69 Å². The van der Waals surface area contributed by atoms with Gasteiger partial charge in [0.2, 0.25) is 5.91 Å². The second-order valence-electron chi connectivity index (χ2n) is 5.61. The van der Waals surface area contributed by atoms with E-state index in [1.807, 2.05) is 20.1 Å². The average molecular weight is 335 g/mol. The zero-order valence-corrected chi connectivity index (χ0v) is 14.3. The van der Waals surface area contributed by atoms with Crippen molar-refractivity contribution in [2.45, 2.75) is 32.4 Å². The van der Waals surface area contributed by atoms with Gasteiger partial charge in [-0.2, -0.15) is 11.8 Å². The third kappa shape index (κ3) is 3.85. The predicted molar refractivity (Wildman–Crippen MR) is 94.1 cm³/mol. The molecule has 2 rings (SSSR count). The second kappa shape index (κ2) is 7.50. The molecule has 0 bridgehead atoms. The van der Waals surface area contributed by atoms with E-state index in [0.29, 0.717) is 23.1 Å². The van der Waals surface area contributed by atoms with E-state index < -0.39 is 17.3 Å². The first-order valence-electron chi connectivity index (χ1n) is 7.48. The fourth-order valence-electron chi connectivity index (χ4n) is 2.45. The summed E-state index contributed by atoms with van der Waals surface area (Å²) in [6, 6.07) is 5.93. The largest absolute Gasteiger partial charge is 0.352 e. The Hall–Kier alpha value is -2.02. The monoisotopic (exact) mass is 335 g/mol. The van der Waals surface area contributed by atoms with Crippen molar-refractivity contribution in [3.8, 4) is 0 Å². The zero-order chi connectivity index (χ0) is 17.0. The van der Waals surface area contributed by atoms with Crippen molar-refractivity contribution in [2.24, 2.45) is 0 Å². The van der Waals surface area contributed by atoms with Crippen LogP contribution in [0.25, 0.3) is 10.9 Å². The van der Waals surface area contributed by atoms with Crippen LogP contribution in [-0.4, -0.2) is 33.5 Å². The normalized spacial score (nSPS) is 12.5. The Kier molecular flexibility index (Phi) is 5.65. The number of amides is 1. The molecule has 6 nitrogen and oxygen atoms in total. The first kappa shape index (κ1) is 17.3. The van der Waals surface area contributed by atoms with Crippen LogP contribution in [0.15, 0.2) is 33.9 Å². The molecule has 0 saturated heterocycles. The number of rotatable bonds is 6. The van der Waals surface area contributed by atoms with Crippen molar-refractivity contribution in [2.75, 3.05) is 12.0 Å². The Morgan fingerprint density at radius 3 is 2.65 bits per heavy atom. The molecule has 1 atom stereocenters. The lowest BCUT2D eigenvalue weighted by molar-refractivity contribution is -0.125. The van der Waals surface area contributed by atoms with Gasteiger partial charge in [0.1, 0.15) is 6.04 Å². The van der Waals surface area contributed by atoms with Crippen molar-refractivity contribution in [1.29, 1.82) is 0 Å². The van der Waals surface area contributed by atoms with Gasteiger partial charge in [0.15, 0.2) is 0 Å². The van der Waals surface area contributed by atoms with E-state index >= 15 is 0 Å². The number of carbonyl (C=O) groups is 1. The molecule has 7 heteroatoms. The molecular weight excluding hydrogens is 314 g/mol. The SMILES string of the molecule is CSCC[C@@H](C(=O)NC(C)C)n1c(=O)[nH]c2ccccc2c1=O. The highest BCUT2D eigenvalue weighted by Gasteiger charge is 2.24. The van der Waals surface area contributed by atoms with Gasteiger partial charge in [-0.1, -0.05) is 12.1 Å². The third-order valence-corrected chi connectivity index (χ3v) is 4.12. The molecule has 0 aliphatic carbocycles. The number of aromatic amines is 1. The number of H-pyrrole nitrogens is 1. The number of carbonyl (C=O) groups excluding carboxylic acids is 1. The number of hydrogen-bond acceptors (Lipinski definition) is 4. The van der Waals surface area contributed by atoms with Crippen LogP contribution in [0.2, 0.25) is 0 Å². The van der Waals surface area contributed by atoms with Crippen LogP contribution in [0, 0.1) is 0 Å². The quantitative estimate of drug-likeness (QED) is 0.838. The van der Waals surface area contributed by atoms with Gasteiger partial charge in [-0.05, 0) is 44.4 Å². The van der Waals surface area contributed by atoms with E-state index in [-0.39, 0.29) is 11.9 Å². The van der Waals surface area contributed by atoms with Crippen LogP contribution < -0.4 is 16.6 Å². The number of nitrogens with one attached hydrogen (secondary N) is 2. The fourth-order valence-corrected chi connectivity index (χ4v) is 2.91. The summed E-state index contributed by atoms with van der Waals surface area (Å²) >= 11 is 1.57. The van der Waals surface area contributed by atoms with Crippen LogP contribution in [0.4, 0.5) is 0 Å². The molecule has 1 heterocycles. The maximum absolute atomic E-state index is 12.7. The molecule has 0 radical (unpaired) electrons. The summed E-state index contributed by atoms with van der Waals surface area (Å²) in [6.07, 6.45) is 2.34. The van der Waals surface area contributed by atoms with Crippen LogP contribution in [0.3, 0.4) is 0 Å². The zero-order valence-electron chi connectivity index (χ0n) is 13.5. The van der Waals surface area contributed by atoms with Crippen molar-refractivity contribution in [1.82, 2.24) is 14.9 Å². The molecule has 0 spiro atoms. The van der Waals surface area contributed by atoms with Crippen LogP contribution in [0.1, 0.15) is 26.3 Å². The molecule has 124 valence electrons. The van der Waals surface area contributed by atoms with Crippen molar-refractivity contribution >= 4 is 28.6 Å². The number of fused-ring (bicyclic) bond motifs is 1. The van der Waals surface area contributed by atoms with Gasteiger partial charge < -0.3 is 10.3 Å². The lowest BCUT2D eigenvalue weighted by Crippen LogP contribution is -2.46. The van der Waals surface area contributed by atoms with E-state index in [0.717, 1.165) is 4.57 Å². The molecular formula is C16H21N3O3S. The van der Waals surface area contributed by atoms with Crippen LogP contribution >= 0.6 is 11.8 Å². The number of thioether (sulfide) groups is 1. The number of para-hydroxylation sites is 1. The number of hydrogen-bond donors (Lipinski definition) is 2. The molecule has 0 saturated carbocycles. The van der Waals surface area contributed by atoms with Gasteiger partial charge in [0, 0.05) is 6.04 Å². The Balaban J connectivity index is 2.58. The van der Waals surface area contributed by atoms with E-state index in [4.69, 9.17) is 0 Å². The van der Waals surface area contributed by atoms with Gasteiger partial charge in [-0.3, -0.25) is 9.59 Å². The van der Waals surface area contributed by atoms with Crippen LogP contribution in [-0.2, 0) is 4.79 Å². The average Bonchev–Trinajstić information content (AvgIpc) is 2.49. The Bertz CT molecular complexity index is 810. The summed E-state index contributed by atoms with van der Waals surface area (Å²) in [5, 5.41) is 3.19. The molecule has 0 aliphatic heterocycles. The smallest absolute Gasteiger partial charge is 0.329 e. The molecule has 2 aromatic rings. The molecule has 2 N–H and O–H groups in total. The molecule has 23 heavy (non-hydrogen) atoms. The molecule has 1 aromatic carbocycles. The number of nitrogens with zero attached hydrogens (tertiary/aromatic N) is 1. The Morgan fingerprint density at radius 1 is 1.30 bits per heavy atom. The maximum atomic E-state index is 12.7. The fraction of sp³-hybridized carbons (Fsp3) is 0.438. The number of benzene rings is 1. The van der Waals surface area contributed by atoms with E-state index in [2.05, 4.69) is 10.3 Å². The highest BCUT2D eigenvalue weighted by Crippen LogP contribution is 2.13. The van der Waals surface area contributed by atoms with Gasteiger partial charge in [0.05, 0.1) is 10.9 Å².